The number of rotatable bonds is 4. The van der Waals surface area contributed by atoms with E-state index < -0.39 is 23.2 Å². The first-order valence-corrected chi connectivity index (χ1v) is 7.63. The molecule has 0 saturated carbocycles. The number of hydrogen-bond donors (Lipinski definition) is 3. The molecule has 0 aromatic rings. The first-order valence-electron chi connectivity index (χ1n) is 7.63. The van der Waals surface area contributed by atoms with E-state index in [4.69, 9.17) is 4.74 Å². The van der Waals surface area contributed by atoms with Gasteiger partial charge in [0.05, 0.1) is 12.0 Å². The molecule has 21 heavy (non-hydrogen) atoms. The molecule has 1 amide bonds. The predicted molar refractivity (Wildman–Crippen MR) is 77.2 cm³/mol. The number of aliphatic hydroxyl groups excluding tert-OH is 2. The molecule has 2 fully saturated rings. The largest absolute Gasteiger partial charge is 0.486 e. The molecular formula is C16H23NO4. The Hall–Kier alpha value is -1.33. The summed E-state index contributed by atoms with van der Waals surface area (Å²) in [5.74, 6) is -0.226. The molecule has 1 aliphatic carbocycles. The van der Waals surface area contributed by atoms with Gasteiger partial charge in [-0.15, -0.1) is 0 Å². The van der Waals surface area contributed by atoms with Crippen LogP contribution in [0.4, 0.5) is 0 Å². The Kier molecular flexibility index (Phi) is 3.37. The Morgan fingerprint density at radius 3 is 2.95 bits per heavy atom. The lowest BCUT2D eigenvalue weighted by molar-refractivity contribution is -0.203. The summed E-state index contributed by atoms with van der Waals surface area (Å²) in [7, 11) is 0. The fourth-order valence-electron chi connectivity index (χ4n) is 4.21. The molecule has 0 radical (unpaired) electrons. The summed E-state index contributed by atoms with van der Waals surface area (Å²) < 4.78 is 5.73. The van der Waals surface area contributed by atoms with E-state index in [-0.39, 0.29) is 18.4 Å². The van der Waals surface area contributed by atoms with Gasteiger partial charge < -0.3 is 20.3 Å². The lowest BCUT2D eigenvalue weighted by Gasteiger charge is -2.58. The van der Waals surface area contributed by atoms with Gasteiger partial charge in [0.2, 0.25) is 5.91 Å². The second-order valence-electron chi connectivity index (χ2n) is 6.46. The van der Waals surface area contributed by atoms with Crippen LogP contribution in [0.1, 0.15) is 32.6 Å². The maximum Gasteiger partial charge on any atom is 0.228 e. The van der Waals surface area contributed by atoms with Crippen LogP contribution < -0.4 is 5.32 Å². The molecule has 116 valence electrons. The Morgan fingerprint density at radius 2 is 2.38 bits per heavy atom. The molecule has 0 spiro atoms. The lowest BCUT2D eigenvalue weighted by atomic mass is 9.63. The molecule has 2 aliphatic heterocycles. The maximum atomic E-state index is 12.3. The minimum atomic E-state index is -0.934. The van der Waals surface area contributed by atoms with Crippen molar-refractivity contribution in [2.75, 3.05) is 6.61 Å². The van der Waals surface area contributed by atoms with Crippen LogP contribution in [0.3, 0.4) is 0 Å². The van der Waals surface area contributed by atoms with Crippen LogP contribution in [0.2, 0.25) is 0 Å². The summed E-state index contributed by atoms with van der Waals surface area (Å²) in [4.78, 5) is 12.3. The zero-order chi connectivity index (χ0) is 15.3. The summed E-state index contributed by atoms with van der Waals surface area (Å²) in [5.41, 5.74) is -1.77. The van der Waals surface area contributed by atoms with E-state index in [1.165, 1.54) is 0 Å². The van der Waals surface area contributed by atoms with Crippen molar-refractivity contribution in [1.82, 2.24) is 5.32 Å². The zero-order valence-corrected chi connectivity index (χ0v) is 12.3. The van der Waals surface area contributed by atoms with Gasteiger partial charge in [-0.05, 0) is 32.6 Å². The van der Waals surface area contributed by atoms with E-state index in [0.29, 0.717) is 12.2 Å². The Bertz CT molecular complexity index is 503. The van der Waals surface area contributed by atoms with Crippen molar-refractivity contribution in [2.24, 2.45) is 11.8 Å². The monoisotopic (exact) mass is 293 g/mol. The molecule has 2 saturated heterocycles. The van der Waals surface area contributed by atoms with Crippen LogP contribution in [0.25, 0.3) is 0 Å². The van der Waals surface area contributed by atoms with Gasteiger partial charge in [-0.2, -0.15) is 0 Å². The van der Waals surface area contributed by atoms with Crippen molar-refractivity contribution >= 4 is 5.91 Å². The normalized spacial score (nSPS) is 42.8. The quantitative estimate of drug-likeness (QED) is 0.672. The smallest absolute Gasteiger partial charge is 0.228 e. The molecule has 3 aliphatic rings. The molecule has 5 heteroatoms. The second-order valence-corrected chi connectivity index (χ2v) is 6.46. The first-order chi connectivity index (χ1) is 9.97. The maximum absolute atomic E-state index is 12.3. The molecule has 3 N–H and O–H groups in total. The summed E-state index contributed by atoms with van der Waals surface area (Å²) in [6.45, 7) is 5.63. The van der Waals surface area contributed by atoms with Crippen LogP contribution in [0, 0.1) is 11.8 Å². The Balaban J connectivity index is 1.94. The van der Waals surface area contributed by atoms with Gasteiger partial charge in [-0.25, -0.2) is 0 Å². The highest BCUT2D eigenvalue weighted by atomic mass is 16.5. The van der Waals surface area contributed by atoms with Crippen molar-refractivity contribution in [1.29, 1.82) is 0 Å². The van der Waals surface area contributed by atoms with Crippen molar-refractivity contribution in [3.05, 3.63) is 24.5 Å². The number of hydrogen-bond acceptors (Lipinski definition) is 4. The molecule has 0 unspecified atom stereocenters. The number of ether oxygens (including phenoxy) is 1. The standard InChI is InChI=1S/C16H23NO4/c1-10-16(13(19)11-6-4-3-5-7-11)15(2,21-10)12(8-9-18)14(20)17-16/h4,6,11-13,18-19H,1,3,5,7-9H2,2H3,(H,17,20)/t11-,12+,13-,15+,16-/m1/s1. The summed E-state index contributed by atoms with van der Waals surface area (Å²) >= 11 is 0. The number of aliphatic hydroxyl groups is 2. The fourth-order valence-corrected chi connectivity index (χ4v) is 4.21. The molecule has 2 heterocycles. The number of carbonyl (C=O) groups is 1. The van der Waals surface area contributed by atoms with Crippen molar-refractivity contribution in [3.63, 3.8) is 0 Å². The van der Waals surface area contributed by atoms with Gasteiger partial charge in [-0.3, -0.25) is 4.79 Å². The summed E-state index contributed by atoms with van der Waals surface area (Å²) in [6, 6.07) is 0. The Morgan fingerprint density at radius 1 is 1.62 bits per heavy atom. The number of allylic oxidation sites excluding steroid dienone is 1. The Labute approximate surface area is 124 Å². The molecule has 0 aromatic heterocycles. The lowest BCUT2D eigenvalue weighted by Crippen LogP contribution is -2.75. The van der Waals surface area contributed by atoms with Crippen LogP contribution >= 0.6 is 0 Å². The minimum Gasteiger partial charge on any atom is -0.486 e. The van der Waals surface area contributed by atoms with E-state index in [1.54, 1.807) is 0 Å². The first kappa shape index (κ1) is 14.6. The molecule has 3 rings (SSSR count). The third-order valence-electron chi connectivity index (χ3n) is 5.42. The van der Waals surface area contributed by atoms with Crippen LogP contribution in [0.5, 0.6) is 0 Å². The number of carbonyl (C=O) groups excluding carboxylic acids is 1. The molecule has 0 aromatic carbocycles. The second kappa shape index (κ2) is 4.85. The van der Waals surface area contributed by atoms with E-state index in [0.717, 1.165) is 19.3 Å². The minimum absolute atomic E-state index is 0.00750. The highest BCUT2D eigenvalue weighted by Gasteiger charge is 2.75. The highest BCUT2D eigenvalue weighted by Crippen LogP contribution is 2.57. The molecular weight excluding hydrogens is 270 g/mol. The fraction of sp³-hybridized carbons (Fsp3) is 0.688. The topological polar surface area (TPSA) is 78.8 Å². The van der Waals surface area contributed by atoms with Crippen molar-refractivity contribution in [2.45, 2.75) is 49.9 Å². The number of fused-ring (bicyclic) bond motifs is 1. The van der Waals surface area contributed by atoms with Gasteiger partial charge in [0.25, 0.3) is 0 Å². The zero-order valence-electron chi connectivity index (χ0n) is 12.3. The van der Waals surface area contributed by atoms with Gasteiger partial charge in [0, 0.05) is 12.5 Å². The van der Waals surface area contributed by atoms with Gasteiger partial charge >= 0.3 is 0 Å². The van der Waals surface area contributed by atoms with Gasteiger partial charge in [0.15, 0.2) is 11.1 Å². The van der Waals surface area contributed by atoms with E-state index in [2.05, 4.69) is 18.0 Å². The van der Waals surface area contributed by atoms with E-state index in [9.17, 15) is 15.0 Å². The molecule has 0 bridgehead atoms. The number of amides is 1. The van der Waals surface area contributed by atoms with Crippen LogP contribution in [0.15, 0.2) is 24.5 Å². The summed E-state index contributed by atoms with van der Waals surface area (Å²) in [5, 5.41) is 23.0. The average Bonchev–Trinajstić information content (AvgIpc) is 2.65. The predicted octanol–water partition coefficient (Wildman–Crippen LogP) is 0.873. The summed E-state index contributed by atoms with van der Waals surface area (Å²) in [6.07, 6.45) is 6.63. The number of nitrogens with one attached hydrogen (secondary N) is 1. The third kappa shape index (κ3) is 1.74. The van der Waals surface area contributed by atoms with Crippen LogP contribution in [-0.4, -0.2) is 40.0 Å². The SMILES string of the molecule is C=C1O[C@@]2(C)[C@@H](CCO)C(=O)N[C@@]12[C@H](O)[C@@H]1C=CCCC1. The van der Waals surface area contributed by atoms with Gasteiger partial charge in [-0.1, -0.05) is 18.7 Å². The highest BCUT2D eigenvalue weighted by molar-refractivity contribution is 5.87. The third-order valence-corrected chi connectivity index (χ3v) is 5.42. The molecule has 5 atom stereocenters. The average molecular weight is 293 g/mol. The van der Waals surface area contributed by atoms with Crippen LogP contribution in [-0.2, 0) is 9.53 Å². The van der Waals surface area contributed by atoms with E-state index in [1.807, 2.05) is 13.0 Å². The van der Waals surface area contributed by atoms with Crippen molar-refractivity contribution in [3.8, 4) is 0 Å². The van der Waals surface area contributed by atoms with Crippen molar-refractivity contribution < 1.29 is 19.7 Å². The molecule has 5 nitrogen and oxygen atoms in total. The van der Waals surface area contributed by atoms with E-state index >= 15 is 0 Å². The van der Waals surface area contributed by atoms with Gasteiger partial charge in [0.1, 0.15) is 5.76 Å².